The first-order chi connectivity index (χ1) is 9.74. The zero-order valence-corrected chi connectivity index (χ0v) is 11.1. The summed E-state index contributed by atoms with van der Waals surface area (Å²) in [6.45, 7) is 2.86. The molecule has 0 saturated heterocycles. The molecule has 0 aliphatic carbocycles. The number of hydrogen-bond acceptors (Lipinski definition) is 4. The molecule has 6 heteroatoms. The molecule has 3 aromatic rings. The summed E-state index contributed by atoms with van der Waals surface area (Å²) in [6.07, 6.45) is 0.909. The van der Waals surface area contributed by atoms with Gasteiger partial charge in [-0.25, -0.2) is 9.89 Å². The Morgan fingerprint density at radius 3 is 2.95 bits per heavy atom. The number of H-pyrrole nitrogens is 1. The number of aryl methyl sites for hydroxylation is 1. The summed E-state index contributed by atoms with van der Waals surface area (Å²) in [5.41, 5.74) is 2.77. The first-order valence-corrected chi connectivity index (χ1v) is 6.47. The monoisotopic (exact) mass is 269 g/mol. The van der Waals surface area contributed by atoms with Gasteiger partial charge in [0.25, 0.3) is 0 Å². The van der Waals surface area contributed by atoms with E-state index in [2.05, 4.69) is 39.7 Å². The molecule has 1 aromatic carbocycles. The summed E-state index contributed by atoms with van der Waals surface area (Å²) in [7, 11) is 0. The summed E-state index contributed by atoms with van der Waals surface area (Å²) < 4.78 is 1.25. The number of nitrogens with one attached hydrogen (secondary N) is 2. The maximum absolute atomic E-state index is 11.4. The Bertz CT molecular complexity index is 789. The lowest BCUT2D eigenvalue weighted by molar-refractivity contribution is 0.871. The van der Waals surface area contributed by atoms with Gasteiger partial charge in [0, 0.05) is 6.54 Å². The molecule has 6 nitrogen and oxygen atoms in total. The quantitative estimate of drug-likeness (QED) is 0.750. The molecule has 2 heterocycles. The van der Waals surface area contributed by atoms with Crippen LogP contribution in [0.2, 0.25) is 0 Å². The van der Waals surface area contributed by atoms with Crippen LogP contribution in [0.25, 0.3) is 5.65 Å². The number of fused-ring (bicyclic) bond motifs is 1. The maximum atomic E-state index is 11.4. The Morgan fingerprint density at radius 1 is 1.25 bits per heavy atom. The topological polar surface area (TPSA) is 75.1 Å². The Balaban J connectivity index is 1.69. The highest BCUT2D eigenvalue weighted by Crippen LogP contribution is 2.08. The van der Waals surface area contributed by atoms with Crippen LogP contribution in [0.5, 0.6) is 0 Å². The van der Waals surface area contributed by atoms with E-state index >= 15 is 0 Å². The number of anilines is 1. The van der Waals surface area contributed by atoms with Gasteiger partial charge in [0.2, 0.25) is 0 Å². The average Bonchev–Trinajstić information content (AvgIpc) is 2.82. The SMILES string of the molecule is Cc1ccccc1CCNc1ccc2n[nH]c(=O)n2n1. The molecule has 0 radical (unpaired) electrons. The summed E-state index contributed by atoms with van der Waals surface area (Å²) in [6, 6.07) is 11.9. The van der Waals surface area contributed by atoms with Crippen molar-refractivity contribution in [1.82, 2.24) is 19.8 Å². The maximum Gasteiger partial charge on any atom is 0.364 e. The second kappa shape index (κ2) is 5.16. The second-order valence-corrected chi connectivity index (χ2v) is 4.62. The Hall–Kier alpha value is -2.63. The number of hydrogen-bond donors (Lipinski definition) is 2. The Kier molecular flexibility index (Phi) is 3.20. The number of rotatable bonds is 4. The summed E-state index contributed by atoms with van der Waals surface area (Å²) in [5.74, 6) is 0.662. The number of benzene rings is 1. The van der Waals surface area contributed by atoms with Gasteiger partial charge in [0.05, 0.1) is 0 Å². The molecule has 0 fully saturated rings. The van der Waals surface area contributed by atoms with E-state index in [-0.39, 0.29) is 5.69 Å². The van der Waals surface area contributed by atoms with Crippen LogP contribution in [-0.4, -0.2) is 26.4 Å². The zero-order valence-electron chi connectivity index (χ0n) is 11.1. The van der Waals surface area contributed by atoms with Crippen molar-refractivity contribution in [2.24, 2.45) is 0 Å². The van der Waals surface area contributed by atoms with Crippen LogP contribution in [0, 0.1) is 6.92 Å². The summed E-state index contributed by atoms with van der Waals surface area (Å²) >= 11 is 0. The van der Waals surface area contributed by atoms with E-state index in [0.717, 1.165) is 13.0 Å². The minimum absolute atomic E-state index is 0.331. The molecule has 0 spiro atoms. The highest BCUT2D eigenvalue weighted by molar-refractivity contribution is 5.43. The molecule has 0 amide bonds. The van der Waals surface area contributed by atoms with Gasteiger partial charge in [-0.2, -0.15) is 9.61 Å². The lowest BCUT2D eigenvalue weighted by atomic mass is 10.1. The minimum Gasteiger partial charge on any atom is -0.368 e. The van der Waals surface area contributed by atoms with Gasteiger partial charge in [0.1, 0.15) is 5.82 Å². The molecular weight excluding hydrogens is 254 g/mol. The van der Waals surface area contributed by atoms with Gasteiger partial charge >= 0.3 is 5.69 Å². The lowest BCUT2D eigenvalue weighted by Crippen LogP contribution is -2.15. The predicted octanol–water partition coefficient (Wildman–Crippen LogP) is 1.38. The van der Waals surface area contributed by atoms with E-state index in [1.165, 1.54) is 15.6 Å². The first kappa shape index (κ1) is 12.4. The van der Waals surface area contributed by atoms with E-state index in [0.29, 0.717) is 11.5 Å². The predicted molar refractivity (Wildman–Crippen MR) is 77.0 cm³/mol. The molecule has 0 atom stereocenters. The molecule has 0 aliphatic rings. The normalized spacial score (nSPS) is 10.8. The van der Waals surface area contributed by atoms with Crippen molar-refractivity contribution in [3.8, 4) is 0 Å². The van der Waals surface area contributed by atoms with Gasteiger partial charge in [0.15, 0.2) is 5.65 Å². The minimum atomic E-state index is -0.331. The van der Waals surface area contributed by atoms with Gasteiger partial charge in [-0.3, -0.25) is 0 Å². The number of nitrogens with zero attached hydrogens (tertiary/aromatic N) is 3. The van der Waals surface area contributed by atoms with Crippen molar-refractivity contribution in [1.29, 1.82) is 0 Å². The third kappa shape index (κ3) is 2.40. The van der Waals surface area contributed by atoms with Gasteiger partial charge < -0.3 is 5.32 Å². The van der Waals surface area contributed by atoms with Crippen molar-refractivity contribution in [3.05, 3.63) is 58.0 Å². The molecule has 0 unspecified atom stereocenters. The zero-order chi connectivity index (χ0) is 13.9. The smallest absolute Gasteiger partial charge is 0.364 e. The van der Waals surface area contributed by atoms with Crippen molar-refractivity contribution < 1.29 is 0 Å². The van der Waals surface area contributed by atoms with Gasteiger partial charge in [-0.1, -0.05) is 24.3 Å². The molecule has 20 heavy (non-hydrogen) atoms. The fourth-order valence-electron chi connectivity index (χ4n) is 2.11. The summed E-state index contributed by atoms with van der Waals surface area (Å²) in [4.78, 5) is 11.4. The van der Waals surface area contributed by atoms with Crippen molar-refractivity contribution in [2.45, 2.75) is 13.3 Å². The van der Waals surface area contributed by atoms with E-state index in [1.807, 2.05) is 18.2 Å². The van der Waals surface area contributed by atoms with Gasteiger partial charge in [-0.05, 0) is 36.6 Å². The third-order valence-electron chi connectivity index (χ3n) is 3.24. The van der Waals surface area contributed by atoms with Crippen LogP contribution < -0.4 is 11.0 Å². The van der Waals surface area contributed by atoms with E-state index in [9.17, 15) is 4.79 Å². The number of aromatic amines is 1. The molecule has 102 valence electrons. The van der Waals surface area contributed by atoms with Gasteiger partial charge in [-0.15, -0.1) is 5.10 Å². The van der Waals surface area contributed by atoms with Crippen LogP contribution in [-0.2, 0) is 6.42 Å². The highest BCUT2D eigenvalue weighted by Gasteiger charge is 2.02. The number of aromatic nitrogens is 4. The second-order valence-electron chi connectivity index (χ2n) is 4.62. The molecule has 2 N–H and O–H groups in total. The van der Waals surface area contributed by atoms with Crippen molar-refractivity contribution in [3.63, 3.8) is 0 Å². The van der Waals surface area contributed by atoms with E-state index < -0.39 is 0 Å². The van der Waals surface area contributed by atoms with Crippen LogP contribution in [0.4, 0.5) is 5.82 Å². The molecular formula is C14H15N5O. The Labute approximate surface area is 115 Å². The van der Waals surface area contributed by atoms with Crippen LogP contribution in [0.15, 0.2) is 41.2 Å². The largest absolute Gasteiger partial charge is 0.368 e. The molecule has 3 rings (SSSR count). The van der Waals surface area contributed by atoms with E-state index in [1.54, 1.807) is 6.07 Å². The lowest BCUT2D eigenvalue weighted by Gasteiger charge is -2.07. The van der Waals surface area contributed by atoms with Crippen LogP contribution in [0.1, 0.15) is 11.1 Å². The first-order valence-electron chi connectivity index (χ1n) is 6.47. The van der Waals surface area contributed by atoms with E-state index in [4.69, 9.17) is 0 Å². The third-order valence-corrected chi connectivity index (χ3v) is 3.24. The average molecular weight is 269 g/mol. The van der Waals surface area contributed by atoms with Crippen LogP contribution in [0.3, 0.4) is 0 Å². The van der Waals surface area contributed by atoms with Crippen molar-refractivity contribution in [2.75, 3.05) is 11.9 Å². The fraction of sp³-hybridized carbons (Fsp3) is 0.214. The molecule has 0 bridgehead atoms. The van der Waals surface area contributed by atoms with Crippen LogP contribution >= 0.6 is 0 Å². The molecule has 0 saturated carbocycles. The summed E-state index contributed by atoms with van der Waals surface area (Å²) in [5, 5.41) is 13.6. The molecule has 2 aromatic heterocycles. The molecule has 0 aliphatic heterocycles. The standard InChI is InChI=1S/C14H15N5O/c1-10-4-2-3-5-11(10)8-9-15-12-6-7-13-16-17-14(20)19(13)18-12/h2-7H,8-9H2,1H3,(H,15,18)(H,17,20). The van der Waals surface area contributed by atoms with Crippen molar-refractivity contribution >= 4 is 11.5 Å². The highest BCUT2D eigenvalue weighted by atomic mass is 16.2. The Morgan fingerprint density at radius 2 is 2.10 bits per heavy atom. The fourth-order valence-corrected chi connectivity index (χ4v) is 2.11.